The SMILES string of the molecule is Cc1ccc(C#Cc2ccc3c(c2)sc2cc4c(cc23)sc2cc(/C=C/c3ccc5c(c3)sc3cc6c(cc35)sc3cc(C#Cc5ccc(C)cc5)ccc36)ccc24)cc1. The summed E-state index contributed by atoms with van der Waals surface area (Å²) in [5.41, 5.74) is 9.12. The van der Waals surface area contributed by atoms with Gasteiger partial charge in [0.1, 0.15) is 0 Å². The minimum Gasteiger partial charge on any atom is -0.135 e. The molecule has 0 saturated carbocycles. The first-order valence-corrected chi connectivity index (χ1v) is 23.2. The molecule has 0 amide bonds. The Morgan fingerprint density at radius 1 is 0.283 bits per heavy atom. The van der Waals surface area contributed by atoms with Gasteiger partial charge in [-0.05, 0) is 110 Å². The standard InChI is InChI=1S/C56H32S4/c1-33-3-7-35(8-4-33)11-13-37-17-21-41-45-29-55-47(31-53(45)57-49(41)25-37)43-23-19-39(27-51(43)59-55)15-16-40-20-24-44-48-32-54-46(30-56(48)60-52(44)28-40)42-22-18-38(26-50(42)58-54)14-12-36-9-5-34(2)6-10-36/h3-10,15-32H,1-2H3/b16-15+. The Morgan fingerprint density at radius 2 is 0.567 bits per heavy atom. The predicted octanol–water partition coefficient (Wildman–Crippen LogP) is 16.7. The van der Waals surface area contributed by atoms with Gasteiger partial charge in [-0.3, -0.25) is 0 Å². The maximum Gasteiger partial charge on any atom is 0.0367 e. The molecule has 0 spiro atoms. The van der Waals surface area contributed by atoms with Crippen LogP contribution in [-0.2, 0) is 0 Å². The summed E-state index contributed by atoms with van der Waals surface area (Å²) in [6, 6.07) is 53.5. The summed E-state index contributed by atoms with van der Waals surface area (Å²) >= 11 is 7.50. The van der Waals surface area contributed by atoms with Crippen molar-refractivity contribution in [1.82, 2.24) is 0 Å². The second kappa shape index (κ2) is 14.1. The summed E-state index contributed by atoms with van der Waals surface area (Å²) in [4.78, 5) is 0. The molecule has 0 atom stereocenters. The highest BCUT2D eigenvalue weighted by atomic mass is 32.1. The lowest BCUT2D eigenvalue weighted by Gasteiger charge is -1.98. The first-order chi connectivity index (χ1) is 29.4. The summed E-state index contributed by atoms with van der Waals surface area (Å²) in [7, 11) is 0. The molecule has 0 fully saturated rings. The van der Waals surface area contributed by atoms with Crippen molar-refractivity contribution in [1.29, 1.82) is 0 Å². The van der Waals surface area contributed by atoms with Crippen LogP contribution < -0.4 is 0 Å². The summed E-state index contributed by atoms with van der Waals surface area (Å²) in [6.45, 7) is 4.21. The van der Waals surface area contributed by atoms with Crippen molar-refractivity contribution in [3.05, 3.63) is 190 Å². The number of aryl methyl sites for hydroxylation is 2. The molecule has 0 bridgehead atoms. The van der Waals surface area contributed by atoms with Crippen LogP contribution in [0.3, 0.4) is 0 Å². The second-order valence-corrected chi connectivity index (χ2v) is 19.9. The largest absolute Gasteiger partial charge is 0.135 e. The highest BCUT2D eigenvalue weighted by molar-refractivity contribution is 7.28. The molecule has 4 heteroatoms. The molecule has 4 aromatic heterocycles. The van der Waals surface area contributed by atoms with Crippen LogP contribution in [-0.4, -0.2) is 0 Å². The lowest BCUT2D eigenvalue weighted by Crippen LogP contribution is -1.77. The van der Waals surface area contributed by atoms with E-state index in [2.05, 4.69) is 195 Å². The van der Waals surface area contributed by atoms with Crippen molar-refractivity contribution >= 4 is 138 Å². The van der Waals surface area contributed by atoms with E-state index in [0.29, 0.717) is 0 Å². The van der Waals surface area contributed by atoms with Crippen LogP contribution in [0.15, 0.2) is 146 Å². The zero-order chi connectivity index (χ0) is 39.9. The van der Waals surface area contributed by atoms with Crippen LogP contribution in [0.2, 0.25) is 0 Å². The van der Waals surface area contributed by atoms with Crippen molar-refractivity contribution < 1.29 is 0 Å². The molecular formula is C56H32S4. The molecule has 280 valence electrons. The third kappa shape index (κ3) is 6.29. The number of benzene rings is 8. The molecule has 0 aliphatic carbocycles. The van der Waals surface area contributed by atoms with Gasteiger partial charge >= 0.3 is 0 Å². The van der Waals surface area contributed by atoms with Gasteiger partial charge < -0.3 is 0 Å². The summed E-state index contributed by atoms with van der Waals surface area (Å²) in [5.74, 6) is 13.4. The van der Waals surface area contributed by atoms with E-state index >= 15 is 0 Å². The fraction of sp³-hybridized carbons (Fsp3) is 0.0357. The van der Waals surface area contributed by atoms with E-state index in [4.69, 9.17) is 0 Å². The Labute approximate surface area is 363 Å². The van der Waals surface area contributed by atoms with Crippen molar-refractivity contribution in [2.24, 2.45) is 0 Å². The highest BCUT2D eigenvalue weighted by Crippen LogP contribution is 2.44. The molecule has 12 aromatic rings. The normalized spacial score (nSPS) is 11.8. The zero-order valence-corrected chi connectivity index (χ0v) is 35.9. The second-order valence-electron chi connectivity index (χ2n) is 15.6. The van der Waals surface area contributed by atoms with Gasteiger partial charge in [0.25, 0.3) is 0 Å². The Balaban J connectivity index is 0.812. The minimum atomic E-state index is 1.04. The van der Waals surface area contributed by atoms with Crippen molar-refractivity contribution in [2.45, 2.75) is 13.8 Å². The molecule has 0 aliphatic rings. The molecule has 0 unspecified atom stereocenters. The Bertz CT molecular complexity index is 3640. The summed E-state index contributed by atoms with van der Waals surface area (Å²) in [5, 5.41) is 10.6. The summed E-state index contributed by atoms with van der Waals surface area (Å²) in [6.07, 6.45) is 4.51. The quantitative estimate of drug-likeness (QED) is 0.120. The molecule has 12 rings (SSSR count). The fourth-order valence-corrected chi connectivity index (χ4v) is 12.9. The minimum absolute atomic E-state index is 1.04. The van der Waals surface area contributed by atoms with Crippen molar-refractivity contribution in [3.63, 3.8) is 0 Å². The molecular weight excluding hydrogens is 801 g/mol. The third-order valence-corrected chi connectivity index (χ3v) is 15.9. The van der Waals surface area contributed by atoms with Crippen molar-refractivity contribution in [3.8, 4) is 23.7 Å². The molecule has 0 N–H and O–H groups in total. The van der Waals surface area contributed by atoms with Gasteiger partial charge in [-0.1, -0.05) is 108 Å². The van der Waals surface area contributed by atoms with Crippen LogP contribution in [0.4, 0.5) is 0 Å². The lowest BCUT2D eigenvalue weighted by molar-refractivity contribution is 1.46. The van der Waals surface area contributed by atoms with Gasteiger partial charge in [0.15, 0.2) is 0 Å². The Kier molecular flexibility index (Phi) is 8.31. The molecule has 4 heterocycles. The molecule has 0 nitrogen and oxygen atoms in total. The third-order valence-electron chi connectivity index (χ3n) is 11.5. The van der Waals surface area contributed by atoms with Gasteiger partial charge in [-0.25, -0.2) is 0 Å². The number of hydrogen-bond acceptors (Lipinski definition) is 4. The lowest BCUT2D eigenvalue weighted by atomic mass is 10.1. The van der Waals surface area contributed by atoms with E-state index < -0.39 is 0 Å². The maximum absolute atomic E-state index is 3.38. The van der Waals surface area contributed by atoms with Gasteiger partial charge in [-0.2, -0.15) is 0 Å². The predicted molar refractivity (Wildman–Crippen MR) is 268 cm³/mol. The van der Waals surface area contributed by atoms with Crippen LogP contribution in [0.1, 0.15) is 44.5 Å². The van der Waals surface area contributed by atoms with Crippen LogP contribution in [0.5, 0.6) is 0 Å². The van der Waals surface area contributed by atoms with Gasteiger partial charge in [-0.15, -0.1) is 45.3 Å². The maximum atomic E-state index is 3.38. The molecule has 60 heavy (non-hydrogen) atoms. The van der Waals surface area contributed by atoms with Gasteiger partial charge in [0, 0.05) is 103 Å². The number of hydrogen-bond donors (Lipinski definition) is 0. The van der Waals surface area contributed by atoms with Crippen molar-refractivity contribution in [2.75, 3.05) is 0 Å². The van der Waals surface area contributed by atoms with Gasteiger partial charge in [0.2, 0.25) is 0 Å². The average Bonchev–Trinajstić information content (AvgIpc) is 4.02. The number of rotatable bonds is 2. The van der Waals surface area contributed by atoms with E-state index in [0.717, 1.165) is 22.3 Å². The van der Waals surface area contributed by atoms with E-state index in [9.17, 15) is 0 Å². The highest BCUT2D eigenvalue weighted by Gasteiger charge is 2.14. The first kappa shape index (κ1) is 35.4. The Morgan fingerprint density at radius 3 is 0.933 bits per heavy atom. The van der Waals surface area contributed by atoms with E-state index in [-0.39, 0.29) is 0 Å². The van der Waals surface area contributed by atoms with Crippen LogP contribution >= 0.6 is 45.3 Å². The smallest absolute Gasteiger partial charge is 0.0367 e. The zero-order valence-electron chi connectivity index (χ0n) is 32.6. The molecule has 0 aliphatic heterocycles. The van der Waals surface area contributed by atoms with Gasteiger partial charge in [0.05, 0.1) is 0 Å². The Hall–Kier alpha value is -6.50. The van der Waals surface area contributed by atoms with E-state index in [1.54, 1.807) is 0 Å². The average molecular weight is 833 g/mol. The number of fused-ring (bicyclic) bond motifs is 12. The van der Waals surface area contributed by atoms with Crippen LogP contribution in [0.25, 0.3) is 92.8 Å². The molecule has 8 aromatic carbocycles. The van der Waals surface area contributed by atoms with Crippen LogP contribution in [0, 0.1) is 37.5 Å². The topological polar surface area (TPSA) is 0 Å². The molecule has 0 saturated heterocycles. The first-order valence-electron chi connectivity index (χ1n) is 19.9. The van der Waals surface area contributed by atoms with E-state index in [1.165, 1.54) is 103 Å². The monoisotopic (exact) mass is 832 g/mol. The van der Waals surface area contributed by atoms with E-state index in [1.807, 2.05) is 45.3 Å². The fourth-order valence-electron chi connectivity index (χ4n) is 8.24. The molecule has 0 radical (unpaired) electrons. The number of thiophene rings is 4. The summed E-state index contributed by atoms with van der Waals surface area (Å²) < 4.78 is 10.5.